The molecule has 0 aliphatic carbocycles. The summed E-state index contributed by atoms with van der Waals surface area (Å²) in [7, 11) is -2.72. The molecule has 2 aliphatic rings. The van der Waals surface area contributed by atoms with Gasteiger partial charge in [-0.2, -0.15) is 0 Å². The Morgan fingerprint density at radius 3 is 2.57 bits per heavy atom. The number of hydrogen-bond donors (Lipinski definition) is 3. The molecule has 30 heavy (non-hydrogen) atoms. The summed E-state index contributed by atoms with van der Waals surface area (Å²) in [5, 5.41) is 3.45. The van der Waals surface area contributed by atoms with Gasteiger partial charge in [-0.3, -0.25) is 4.57 Å². The van der Waals surface area contributed by atoms with Gasteiger partial charge in [0.05, 0.1) is 6.54 Å². The highest BCUT2D eigenvalue weighted by Gasteiger charge is 2.36. The van der Waals surface area contributed by atoms with Crippen molar-refractivity contribution in [3.8, 4) is 0 Å². The molecule has 5 rings (SSSR count). The minimum Gasteiger partial charge on any atom is -0.382 e. The lowest BCUT2D eigenvalue weighted by Crippen LogP contribution is -2.26. The molecule has 0 amide bonds. The average Bonchev–Trinajstić information content (AvgIpc) is 3.36. The molecule has 2 unspecified atom stereocenters. The van der Waals surface area contributed by atoms with Crippen LogP contribution in [0.1, 0.15) is 5.56 Å². The molecule has 0 spiro atoms. The van der Waals surface area contributed by atoms with Crippen molar-refractivity contribution in [1.29, 1.82) is 0 Å². The van der Waals surface area contributed by atoms with Gasteiger partial charge < -0.3 is 25.5 Å². The van der Waals surface area contributed by atoms with E-state index in [1.165, 1.54) is 4.57 Å². The van der Waals surface area contributed by atoms with Gasteiger partial charge in [0.15, 0.2) is 17.0 Å². The number of anilines is 2. The van der Waals surface area contributed by atoms with Gasteiger partial charge in [0, 0.05) is 32.4 Å². The highest BCUT2D eigenvalue weighted by atomic mass is 31.2. The second-order valence-corrected chi connectivity index (χ2v) is 11.7. The summed E-state index contributed by atoms with van der Waals surface area (Å²) in [6.45, 7) is 7.66. The van der Waals surface area contributed by atoms with E-state index in [0.717, 1.165) is 37.6 Å². The molecule has 0 saturated carbocycles. The minimum absolute atomic E-state index is 0.123. The zero-order valence-corrected chi connectivity index (χ0v) is 17.9. The zero-order chi connectivity index (χ0) is 21.0. The van der Waals surface area contributed by atoms with E-state index in [0.29, 0.717) is 23.0 Å². The predicted octanol–water partition coefficient (Wildman–Crippen LogP) is 0.0487. The van der Waals surface area contributed by atoms with Crippen LogP contribution in [0.5, 0.6) is 0 Å². The van der Waals surface area contributed by atoms with Crippen LogP contribution in [-0.2, 0) is 11.1 Å². The molecule has 11 heteroatoms. The van der Waals surface area contributed by atoms with Gasteiger partial charge in [0.2, 0.25) is 0 Å². The van der Waals surface area contributed by atoms with Crippen LogP contribution in [-0.4, -0.2) is 64.0 Å². The van der Waals surface area contributed by atoms with Crippen molar-refractivity contribution in [2.45, 2.75) is 6.54 Å². The predicted molar refractivity (Wildman–Crippen MR) is 117 cm³/mol. The molecule has 10 nitrogen and oxygen atoms in total. The van der Waals surface area contributed by atoms with Gasteiger partial charge in [-0.1, -0.05) is 6.07 Å². The Bertz CT molecular complexity index is 1200. The minimum atomic E-state index is -2.72. The van der Waals surface area contributed by atoms with Crippen LogP contribution in [0.25, 0.3) is 11.2 Å². The van der Waals surface area contributed by atoms with Gasteiger partial charge in [-0.25, -0.2) is 19.7 Å². The number of imidazole rings is 1. The molecule has 2 fully saturated rings. The van der Waals surface area contributed by atoms with Gasteiger partial charge in [-0.05, 0) is 36.8 Å². The van der Waals surface area contributed by atoms with E-state index in [9.17, 15) is 9.36 Å². The molecule has 0 aromatic carbocycles. The molecule has 2 atom stereocenters. The number of fused-ring (bicyclic) bond motifs is 2. The lowest BCUT2D eigenvalue weighted by atomic mass is 10.0. The molecule has 0 radical (unpaired) electrons. The van der Waals surface area contributed by atoms with Crippen molar-refractivity contribution in [1.82, 2.24) is 29.8 Å². The maximum Gasteiger partial charge on any atom is 0.328 e. The fourth-order valence-electron chi connectivity index (χ4n) is 4.35. The molecule has 2 aliphatic heterocycles. The summed E-state index contributed by atoms with van der Waals surface area (Å²) in [6, 6.07) is 3.99. The van der Waals surface area contributed by atoms with E-state index in [1.807, 2.05) is 12.1 Å². The Hall–Kier alpha value is -2.71. The summed E-state index contributed by atoms with van der Waals surface area (Å²) in [5.41, 5.74) is 7.40. The third-order valence-corrected chi connectivity index (χ3v) is 7.15. The lowest BCUT2D eigenvalue weighted by Gasteiger charge is -2.18. The first kappa shape index (κ1) is 19.3. The summed E-state index contributed by atoms with van der Waals surface area (Å²) < 4.78 is 13.9. The normalized spacial score (nSPS) is 21.5. The molecule has 5 heterocycles. The first-order chi connectivity index (χ1) is 14.3. The number of hydrogen-bond acceptors (Lipinski definition) is 8. The van der Waals surface area contributed by atoms with E-state index >= 15 is 0 Å². The number of aromatic amines is 1. The maximum atomic E-state index is 12.5. The van der Waals surface area contributed by atoms with Gasteiger partial charge >= 0.3 is 5.69 Å². The first-order valence-corrected chi connectivity index (χ1v) is 12.6. The number of rotatable bonds is 4. The topological polar surface area (TPSA) is 135 Å². The SMILES string of the molecule is CP(C)(=O)c1nc(N)c2[nH]c(=O)n(Cc3ccc(N4CC5CNCC5C4)nc3)c2n1. The molecule has 4 N–H and O–H groups in total. The second-order valence-electron chi connectivity index (χ2n) is 8.58. The Kier molecular flexibility index (Phi) is 4.44. The Morgan fingerprint density at radius 1 is 1.20 bits per heavy atom. The van der Waals surface area contributed by atoms with Crippen molar-refractivity contribution < 1.29 is 4.57 Å². The number of nitrogens with two attached hydrogens (primary N) is 1. The largest absolute Gasteiger partial charge is 0.382 e. The Morgan fingerprint density at radius 2 is 1.93 bits per heavy atom. The Balaban J connectivity index is 1.43. The van der Waals surface area contributed by atoms with Gasteiger partial charge in [0.25, 0.3) is 0 Å². The van der Waals surface area contributed by atoms with Crippen LogP contribution in [0.3, 0.4) is 0 Å². The van der Waals surface area contributed by atoms with Crippen LogP contribution < -0.4 is 27.2 Å². The number of pyridine rings is 1. The van der Waals surface area contributed by atoms with Crippen molar-refractivity contribution >= 4 is 35.5 Å². The molecule has 2 saturated heterocycles. The van der Waals surface area contributed by atoms with Crippen LogP contribution in [0.2, 0.25) is 0 Å². The van der Waals surface area contributed by atoms with Crippen LogP contribution in [0.4, 0.5) is 11.6 Å². The quantitative estimate of drug-likeness (QED) is 0.496. The number of nitrogen functional groups attached to an aromatic ring is 1. The number of aromatic nitrogens is 5. The molecular weight excluding hydrogens is 403 g/mol. The maximum absolute atomic E-state index is 12.5. The van der Waals surface area contributed by atoms with E-state index < -0.39 is 7.14 Å². The van der Waals surface area contributed by atoms with Crippen molar-refractivity contribution in [2.24, 2.45) is 11.8 Å². The monoisotopic (exact) mass is 428 g/mol. The number of nitrogens with zero attached hydrogens (tertiary/aromatic N) is 5. The Labute approximate surface area is 173 Å². The summed E-state index contributed by atoms with van der Waals surface area (Å²) >= 11 is 0. The molecule has 3 aromatic heterocycles. The van der Waals surface area contributed by atoms with Crippen LogP contribution in [0.15, 0.2) is 23.1 Å². The summed E-state index contributed by atoms with van der Waals surface area (Å²) in [4.78, 5) is 30.7. The van der Waals surface area contributed by atoms with E-state index in [2.05, 4.69) is 30.2 Å². The third-order valence-electron chi connectivity index (χ3n) is 5.98. The van der Waals surface area contributed by atoms with Gasteiger partial charge in [0.1, 0.15) is 18.5 Å². The lowest BCUT2D eigenvalue weighted by molar-refractivity contribution is 0.533. The van der Waals surface area contributed by atoms with Crippen LogP contribution in [0, 0.1) is 11.8 Å². The second kappa shape index (κ2) is 6.92. The highest BCUT2D eigenvalue weighted by Crippen LogP contribution is 2.33. The fourth-order valence-corrected chi connectivity index (χ4v) is 5.03. The van der Waals surface area contributed by atoms with Crippen molar-refractivity contribution in [2.75, 3.05) is 50.1 Å². The summed E-state index contributed by atoms with van der Waals surface area (Å²) in [5.74, 6) is 2.48. The average molecular weight is 428 g/mol. The first-order valence-electron chi connectivity index (χ1n) is 10.0. The molecule has 0 bridgehead atoms. The van der Waals surface area contributed by atoms with Crippen LogP contribution >= 0.6 is 7.14 Å². The molecule has 158 valence electrons. The molecular formula is C19H25N8O2P. The third kappa shape index (κ3) is 3.30. The number of H-pyrrole nitrogens is 1. The highest BCUT2D eigenvalue weighted by molar-refractivity contribution is 7.69. The van der Waals surface area contributed by atoms with Gasteiger partial charge in [-0.15, -0.1) is 0 Å². The smallest absolute Gasteiger partial charge is 0.328 e. The zero-order valence-electron chi connectivity index (χ0n) is 17.0. The fraction of sp³-hybridized carbons (Fsp3) is 0.474. The van der Waals surface area contributed by atoms with Crippen molar-refractivity contribution in [3.63, 3.8) is 0 Å². The molecule has 3 aromatic rings. The standard InChI is InChI=1S/C19H25N8O2P/c1-30(2,29)18-24-16(20)15-17(25-18)27(19(28)23-15)8-11-3-4-14(22-5-11)26-9-12-6-21-7-13(12)10-26/h3-5,12-13,21H,6-10H2,1-2H3,(H,23,28)(H2,20,24,25). The van der Waals surface area contributed by atoms with E-state index in [4.69, 9.17) is 5.73 Å². The van der Waals surface area contributed by atoms with E-state index in [1.54, 1.807) is 19.5 Å². The summed E-state index contributed by atoms with van der Waals surface area (Å²) in [6.07, 6.45) is 1.79. The van der Waals surface area contributed by atoms with E-state index in [-0.39, 0.29) is 23.6 Å². The van der Waals surface area contributed by atoms with Crippen molar-refractivity contribution in [3.05, 3.63) is 34.4 Å². The number of nitrogens with one attached hydrogen (secondary N) is 2.